The van der Waals surface area contributed by atoms with E-state index >= 15 is 0 Å². The molecule has 1 saturated heterocycles. The summed E-state index contributed by atoms with van der Waals surface area (Å²) in [5.41, 5.74) is 3.55. The molecular formula is C22H24N2O3. The Balaban J connectivity index is 1.43. The molecule has 2 aliphatic heterocycles. The van der Waals surface area contributed by atoms with E-state index < -0.39 is 0 Å². The molecule has 5 heteroatoms. The van der Waals surface area contributed by atoms with Gasteiger partial charge in [0, 0.05) is 24.3 Å². The summed E-state index contributed by atoms with van der Waals surface area (Å²) in [5.74, 6) is -0.544. The summed E-state index contributed by atoms with van der Waals surface area (Å²) < 4.78 is 0. The molecule has 1 unspecified atom stereocenters. The second-order valence-corrected chi connectivity index (χ2v) is 7.26. The van der Waals surface area contributed by atoms with Crippen LogP contribution in [0, 0.1) is 0 Å². The normalized spacial score (nSPS) is 18.3. The topological polar surface area (TPSA) is 49.9 Å². The molecule has 140 valence electrons. The molecule has 0 spiro atoms. The molecule has 0 saturated carbocycles. The second kappa shape index (κ2) is 7.53. The molecule has 0 bridgehead atoms. The van der Waals surface area contributed by atoms with Gasteiger partial charge in [-0.1, -0.05) is 36.8 Å². The van der Waals surface area contributed by atoms with Gasteiger partial charge in [-0.15, -0.1) is 5.06 Å². The van der Waals surface area contributed by atoms with Gasteiger partial charge in [-0.3, -0.25) is 4.79 Å². The Kier molecular flexibility index (Phi) is 4.94. The predicted molar refractivity (Wildman–Crippen MR) is 103 cm³/mol. The minimum atomic E-state index is -0.340. The van der Waals surface area contributed by atoms with E-state index in [1.165, 1.54) is 6.42 Å². The van der Waals surface area contributed by atoms with Crippen LogP contribution in [0.2, 0.25) is 0 Å². The third kappa shape index (κ3) is 3.60. The smallest absolute Gasteiger partial charge is 0.332 e. The molecule has 2 aromatic carbocycles. The molecule has 0 aliphatic carbocycles. The number of anilines is 1. The Morgan fingerprint density at radius 1 is 1.00 bits per heavy atom. The van der Waals surface area contributed by atoms with Gasteiger partial charge in [0.05, 0.1) is 12.5 Å². The maximum absolute atomic E-state index is 12.6. The third-order valence-corrected chi connectivity index (χ3v) is 5.41. The highest BCUT2D eigenvalue weighted by molar-refractivity contribution is 6.09. The minimum absolute atomic E-state index is 0.0240. The molecule has 2 aromatic rings. The quantitative estimate of drug-likeness (QED) is 0.826. The van der Waals surface area contributed by atoms with Crippen molar-refractivity contribution in [1.29, 1.82) is 0 Å². The van der Waals surface area contributed by atoms with Crippen LogP contribution in [0.3, 0.4) is 0 Å². The largest absolute Gasteiger partial charge is 0.367 e. The van der Waals surface area contributed by atoms with Crippen LogP contribution in [0.1, 0.15) is 53.6 Å². The van der Waals surface area contributed by atoms with E-state index in [9.17, 15) is 9.59 Å². The number of benzene rings is 2. The Morgan fingerprint density at radius 2 is 1.70 bits per heavy atom. The van der Waals surface area contributed by atoms with Crippen molar-refractivity contribution in [3.8, 4) is 0 Å². The number of carbonyl (C=O) groups is 2. The van der Waals surface area contributed by atoms with E-state index in [1.807, 2.05) is 55.5 Å². The molecule has 2 heterocycles. The molecule has 0 N–H and O–H groups in total. The zero-order valence-electron chi connectivity index (χ0n) is 15.6. The lowest BCUT2D eigenvalue weighted by Crippen LogP contribution is -2.33. The van der Waals surface area contributed by atoms with E-state index in [4.69, 9.17) is 4.84 Å². The van der Waals surface area contributed by atoms with Crippen LogP contribution in [0.15, 0.2) is 48.5 Å². The first kappa shape index (κ1) is 17.7. The predicted octanol–water partition coefficient (Wildman–Crippen LogP) is 3.89. The first-order chi connectivity index (χ1) is 13.1. The van der Waals surface area contributed by atoms with Crippen LogP contribution < -0.4 is 4.90 Å². The number of hydrogen-bond donors (Lipinski definition) is 0. The van der Waals surface area contributed by atoms with Gasteiger partial charge in [-0.2, -0.15) is 0 Å². The van der Waals surface area contributed by atoms with Crippen LogP contribution in [0.25, 0.3) is 0 Å². The van der Waals surface area contributed by atoms with Crippen LogP contribution >= 0.6 is 0 Å². The molecule has 0 aromatic heterocycles. The van der Waals surface area contributed by atoms with Gasteiger partial charge in [0.15, 0.2) is 0 Å². The summed E-state index contributed by atoms with van der Waals surface area (Å²) in [4.78, 5) is 32.3. The van der Waals surface area contributed by atoms with Gasteiger partial charge < -0.3 is 9.74 Å². The van der Waals surface area contributed by atoms with Crippen molar-refractivity contribution in [3.63, 3.8) is 0 Å². The summed E-state index contributed by atoms with van der Waals surface area (Å²) in [6.07, 6.45) is 3.34. The molecule has 1 amide bonds. The number of rotatable bonds is 4. The van der Waals surface area contributed by atoms with Crippen molar-refractivity contribution in [3.05, 3.63) is 65.2 Å². The highest BCUT2D eigenvalue weighted by Crippen LogP contribution is 2.29. The maximum Gasteiger partial charge on any atom is 0.332 e. The summed E-state index contributed by atoms with van der Waals surface area (Å²) in [6.45, 7) is 4.07. The van der Waals surface area contributed by atoms with E-state index in [-0.39, 0.29) is 17.8 Å². The number of carbonyl (C=O) groups excluding carboxylic acids is 2. The fraction of sp³-hybridized carbons (Fsp3) is 0.364. The lowest BCUT2D eigenvalue weighted by Gasteiger charge is -2.26. The average molecular weight is 364 g/mol. The van der Waals surface area contributed by atoms with Crippen LogP contribution in [0.5, 0.6) is 0 Å². The van der Waals surface area contributed by atoms with Crippen molar-refractivity contribution < 1.29 is 14.4 Å². The Hall–Kier alpha value is -2.66. The van der Waals surface area contributed by atoms with Crippen LogP contribution in [-0.2, 0) is 16.2 Å². The number of piperidine rings is 1. The average Bonchev–Trinajstić information content (AvgIpc) is 3.05. The molecule has 1 fully saturated rings. The fourth-order valence-corrected chi connectivity index (χ4v) is 3.70. The lowest BCUT2D eigenvalue weighted by molar-refractivity contribution is -0.195. The van der Waals surface area contributed by atoms with Crippen molar-refractivity contribution in [2.45, 2.75) is 38.6 Å². The van der Waals surface area contributed by atoms with Gasteiger partial charge in [-0.25, -0.2) is 4.79 Å². The van der Waals surface area contributed by atoms with Crippen molar-refractivity contribution in [1.82, 2.24) is 5.06 Å². The van der Waals surface area contributed by atoms with E-state index in [2.05, 4.69) is 0 Å². The number of nitrogens with zero attached hydrogens (tertiary/aromatic N) is 2. The fourth-order valence-electron chi connectivity index (χ4n) is 3.70. The van der Waals surface area contributed by atoms with Gasteiger partial charge in [0.2, 0.25) is 0 Å². The van der Waals surface area contributed by atoms with E-state index in [0.717, 1.165) is 48.3 Å². The monoisotopic (exact) mass is 364 g/mol. The molecule has 0 radical (unpaired) electrons. The molecule has 1 atom stereocenters. The van der Waals surface area contributed by atoms with Gasteiger partial charge >= 0.3 is 5.97 Å². The second-order valence-electron chi connectivity index (χ2n) is 7.26. The number of fused-ring (bicyclic) bond motifs is 1. The molecule has 4 rings (SSSR count). The van der Waals surface area contributed by atoms with Gasteiger partial charge in [-0.05, 0) is 49.1 Å². The highest BCUT2D eigenvalue weighted by atomic mass is 16.7. The highest BCUT2D eigenvalue weighted by Gasteiger charge is 2.28. The van der Waals surface area contributed by atoms with Crippen molar-refractivity contribution >= 4 is 17.6 Å². The Labute approximate surface area is 159 Å². The zero-order valence-corrected chi connectivity index (χ0v) is 15.6. The lowest BCUT2D eigenvalue weighted by atomic mass is 10.0. The summed E-state index contributed by atoms with van der Waals surface area (Å²) in [7, 11) is 0. The molecule has 5 nitrogen and oxygen atoms in total. The SMILES string of the molecule is CC(C(=O)ON1CCCCC1)c1ccc(N2Cc3ccccc3C2=O)cc1. The van der Waals surface area contributed by atoms with Crippen molar-refractivity contribution in [2.75, 3.05) is 18.0 Å². The minimum Gasteiger partial charge on any atom is -0.367 e. The van der Waals surface area contributed by atoms with Crippen LogP contribution in [0.4, 0.5) is 5.69 Å². The first-order valence-corrected chi connectivity index (χ1v) is 9.60. The Morgan fingerprint density at radius 3 is 2.41 bits per heavy atom. The molecular weight excluding hydrogens is 340 g/mol. The van der Waals surface area contributed by atoms with Crippen LogP contribution in [-0.4, -0.2) is 30.0 Å². The standard InChI is InChI=1S/C22H24N2O3/c1-16(22(26)27-23-13-5-2-6-14-23)17-9-11-19(12-10-17)24-15-18-7-3-4-8-20(18)21(24)25/h3-4,7-12,16H,2,5-6,13-15H2,1H3. The van der Waals surface area contributed by atoms with E-state index in [0.29, 0.717) is 6.54 Å². The number of amides is 1. The number of hydrogen-bond acceptors (Lipinski definition) is 4. The van der Waals surface area contributed by atoms with E-state index in [1.54, 1.807) is 9.96 Å². The summed E-state index contributed by atoms with van der Waals surface area (Å²) >= 11 is 0. The maximum atomic E-state index is 12.6. The Bertz CT molecular complexity index is 841. The van der Waals surface area contributed by atoms with Gasteiger partial charge in [0.25, 0.3) is 5.91 Å². The first-order valence-electron chi connectivity index (χ1n) is 9.60. The summed E-state index contributed by atoms with van der Waals surface area (Å²) in [6, 6.07) is 15.3. The molecule has 2 aliphatic rings. The molecule has 27 heavy (non-hydrogen) atoms. The third-order valence-electron chi connectivity index (χ3n) is 5.41. The van der Waals surface area contributed by atoms with Crippen molar-refractivity contribution in [2.24, 2.45) is 0 Å². The van der Waals surface area contributed by atoms with Gasteiger partial charge in [0.1, 0.15) is 0 Å². The zero-order chi connectivity index (χ0) is 18.8. The number of hydroxylamine groups is 2. The summed E-state index contributed by atoms with van der Waals surface area (Å²) in [5, 5.41) is 1.77.